The lowest BCUT2D eigenvalue weighted by atomic mass is 10.0. The first-order chi connectivity index (χ1) is 8.28. The van der Waals surface area contributed by atoms with Gasteiger partial charge in [0.25, 0.3) is 0 Å². The van der Waals surface area contributed by atoms with E-state index < -0.39 is 0 Å². The third kappa shape index (κ3) is 3.32. The van der Waals surface area contributed by atoms with Gasteiger partial charge in [-0.25, -0.2) is 9.97 Å². The number of rotatable bonds is 7. The maximum Gasteiger partial charge on any atom is 0.218 e. The molecule has 1 aromatic heterocycles. The van der Waals surface area contributed by atoms with Crippen LogP contribution in [0.4, 0.5) is 5.82 Å². The minimum atomic E-state index is 0.523. The van der Waals surface area contributed by atoms with E-state index in [2.05, 4.69) is 29.1 Å². The molecule has 0 atom stereocenters. The van der Waals surface area contributed by atoms with E-state index in [1.54, 1.807) is 6.33 Å². The van der Waals surface area contributed by atoms with Crippen LogP contribution in [-0.2, 0) is 0 Å². The molecule has 0 bridgehead atoms. The third-order valence-electron chi connectivity index (χ3n) is 3.45. The second kappa shape index (κ2) is 5.34. The summed E-state index contributed by atoms with van der Waals surface area (Å²) in [4.78, 5) is 8.29. The molecule has 17 heavy (non-hydrogen) atoms. The van der Waals surface area contributed by atoms with E-state index in [9.17, 15) is 0 Å². The van der Waals surface area contributed by atoms with Gasteiger partial charge in [0.15, 0.2) is 0 Å². The van der Waals surface area contributed by atoms with E-state index in [1.165, 1.54) is 19.3 Å². The monoisotopic (exact) mass is 235 g/mol. The number of hydrogen-bond acceptors (Lipinski definition) is 4. The molecule has 4 nitrogen and oxygen atoms in total. The maximum atomic E-state index is 5.48. The molecule has 0 aromatic carbocycles. The maximum absolute atomic E-state index is 5.48. The average molecular weight is 235 g/mol. The van der Waals surface area contributed by atoms with Crippen molar-refractivity contribution in [2.24, 2.45) is 5.41 Å². The van der Waals surface area contributed by atoms with Gasteiger partial charge in [0.05, 0.1) is 6.61 Å². The third-order valence-corrected chi connectivity index (χ3v) is 3.45. The fraction of sp³-hybridized carbons (Fsp3) is 0.692. The summed E-state index contributed by atoms with van der Waals surface area (Å²) >= 11 is 0. The molecular formula is C13H21N3O. The Kier molecular flexibility index (Phi) is 3.82. The van der Waals surface area contributed by atoms with Crippen molar-refractivity contribution in [2.45, 2.75) is 39.5 Å². The second-order valence-corrected chi connectivity index (χ2v) is 4.80. The molecule has 1 aliphatic rings. The molecule has 1 aliphatic carbocycles. The van der Waals surface area contributed by atoms with Gasteiger partial charge < -0.3 is 10.1 Å². The Bertz CT molecular complexity index is 363. The van der Waals surface area contributed by atoms with E-state index in [0.717, 1.165) is 18.8 Å². The van der Waals surface area contributed by atoms with Crippen LogP contribution in [0.1, 0.15) is 39.5 Å². The Balaban J connectivity index is 1.87. The molecule has 0 aliphatic heterocycles. The molecule has 2 rings (SSSR count). The van der Waals surface area contributed by atoms with Crippen molar-refractivity contribution >= 4 is 5.82 Å². The Morgan fingerprint density at radius 1 is 1.35 bits per heavy atom. The number of nitrogens with one attached hydrogen (secondary N) is 1. The summed E-state index contributed by atoms with van der Waals surface area (Å²) < 4.78 is 5.48. The second-order valence-electron chi connectivity index (χ2n) is 4.80. The molecule has 0 radical (unpaired) electrons. The van der Waals surface area contributed by atoms with Gasteiger partial charge in [-0.05, 0) is 31.1 Å². The topological polar surface area (TPSA) is 47.0 Å². The predicted octanol–water partition coefficient (Wildman–Crippen LogP) is 2.87. The summed E-state index contributed by atoms with van der Waals surface area (Å²) in [5.74, 6) is 1.52. The summed E-state index contributed by atoms with van der Waals surface area (Å²) in [6, 6.07) is 1.88. The first kappa shape index (κ1) is 12.1. The average Bonchev–Trinajstić information content (AvgIpc) is 3.15. The highest BCUT2D eigenvalue weighted by Gasteiger charge is 2.40. The Morgan fingerprint density at radius 3 is 2.82 bits per heavy atom. The summed E-state index contributed by atoms with van der Waals surface area (Å²) in [5, 5.41) is 3.38. The smallest absolute Gasteiger partial charge is 0.218 e. The van der Waals surface area contributed by atoms with Gasteiger partial charge in [-0.3, -0.25) is 0 Å². The Morgan fingerprint density at radius 2 is 2.18 bits per heavy atom. The molecule has 1 N–H and O–H groups in total. The molecule has 1 fully saturated rings. The Labute approximate surface area is 103 Å². The largest absolute Gasteiger partial charge is 0.478 e. The van der Waals surface area contributed by atoms with Gasteiger partial charge >= 0.3 is 0 Å². The zero-order valence-electron chi connectivity index (χ0n) is 10.7. The predicted molar refractivity (Wildman–Crippen MR) is 68.3 cm³/mol. The van der Waals surface area contributed by atoms with Crippen molar-refractivity contribution in [3.05, 3.63) is 12.4 Å². The minimum Gasteiger partial charge on any atom is -0.478 e. The van der Waals surface area contributed by atoms with E-state index in [4.69, 9.17) is 4.74 Å². The Hall–Kier alpha value is -1.32. The van der Waals surface area contributed by atoms with Crippen LogP contribution in [0, 0.1) is 5.41 Å². The first-order valence-electron chi connectivity index (χ1n) is 6.47. The van der Waals surface area contributed by atoms with Crippen LogP contribution in [-0.4, -0.2) is 23.1 Å². The summed E-state index contributed by atoms with van der Waals surface area (Å²) in [7, 11) is 0. The van der Waals surface area contributed by atoms with Crippen molar-refractivity contribution in [1.29, 1.82) is 0 Å². The number of anilines is 1. The van der Waals surface area contributed by atoms with E-state index in [-0.39, 0.29) is 0 Å². The lowest BCUT2D eigenvalue weighted by Crippen LogP contribution is -2.15. The molecule has 1 heterocycles. The molecule has 1 aromatic rings. The van der Waals surface area contributed by atoms with Gasteiger partial charge in [-0.1, -0.05) is 13.8 Å². The van der Waals surface area contributed by atoms with Crippen molar-refractivity contribution < 1.29 is 4.74 Å². The molecule has 1 saturated carbocycles. The summed E-state index contributed by atoms with van der Waals surface area (Å²) in [5.41, 5.74) is 0.523. The fourth-order valence-electron chi connectivity index (χ4n) is 1.83. The van der Waals surface area contributed by atoms with Crippen LogP contribution in [0.25, 0.3) is 0 Å². The lowest BCUT2D eigenvalue weighted by Gasteiger charge is -2.14. The van der Waals surface area contributed by atoms with Crippen LogP contribution < -0.4 is 10.1 Å². The molecular weight excluding hydrogens is 214 g/mol. The number of nitrogens with zero attached hydrogens (tertiary/aromatic N) is 2. The minimum absolute atomic E-state index is 0.523. The highest BCUT2D eigenvalue weighted by molar-refractivity contribution is 5.37. The van der Waals surface area contributed by atoms with Crippen LogP contribution in [0.15, 0.2) is 12.4 Å². The number of ether oxygens (including phenoxy) is 1. The molecule has 0 spiro atoms. The van der Waals surface area contributed by atoms with Crippen LogP contribution >= 0.6 is 0 Å². The standard InChI is InChI=1S/C13H21N3O/c1-3-7-17-12-8-11(15-10-16-12)14-9-13(4-2)5-6-13/h8,10H,3-7,9H2,1-2H3,(H,14,15,16). The number of hydrogen-bond donors (Lipinski definition) is 1. The SMILES string of the molecule is CCCOc1cc(NCC2(CC)CC2)ncn1. The van der Waals surface area contributed by atoms with Crippen molar-refractivity contribution in [3.8, 4) is 5.88 Å². The molecule has 0 unspecified atom stereocenters. The van der Waals surface area contributed by atoms with Gasteiger partial charge in [-0.15, -0.1) is 0 Å². The fourth-order valence-corrected chi connectivity index (χ4v) is 1.83. The lowest BCUT2D eigenvalue weighted by molar-refractivity contribution is 0.305. The first-order valence-corrected chi connectivity index (χ1v) is 6.47. The van der Waals surface area contributed by atoms with Gasteiger partial charge in [0, 0.05) is 12.6 Å². The van der Waals surface area contributed by atoms with Crippen molar-refractivity contribution in [3.63, 3.8) is 0 Å². The van der Waals surface area contributed by atoms with E-state index in [1.807, 2.05) is 6.07 Å². The molecule has 0 saturated heterocycles. The van der Waals surface area contributed by atoms with Gasteiger partial charge in [-0.2, -0.15) is 0 Å². The van der Waals surface area contributed by atoms with Crippen LogP contribution in [0.2, 0.25) is 0 Å². The van der Waals surface area contributed by atoms with Crippen LogP contribution in [0.3, 0.4) is 0 Å². The van der Waals surface area contributed by atoms with Crippen molar-refractivity contribution in [1.82, 2.24) is 9.97 Å². The van der Waals surface area contributed by atoms with E-state index in [0.29, 0.717) is 17.9 Å². The van der Waals surface area contributed by atoms with Gasteiger partial charge in [0.1, 0.15) is 12.1 Å². The quantitative estimate of drug-likeness (QED) is 0.789. The van der Waals surface area contributed by atoms with Crippen LogP contribution in [0.5, 0.6) is 5.88 Å². The van der Waals surface area contributed by atoms with Crippen molar-refractivity contribution in [2.75, 3.05) is 18.5 Å². The number of aromatic nitrogens is 2. The highest BCUT2D eigenvalue weighted by atomic mass is 16.5. The molecule has 0 amide bonds. The molecule has 4 heteroatoms. The van der Waals surface area contributed by atoms with E-state index >= 15 is 0 Å². The zero-order valence-corrected chi connectivity index (χ0v) is 10.7. The summed E-state index contributed by atoms with van der Waals surface area (Å²) in [6.07, 6.45) is 6.45. The normalized spacial score (nSPS) is 16.6. The van der Waals surface area contributed by atoms with Gasteiger partial charge in [0.2, 0.25) is 5.88 Å². The molecule has 94 valence electrons. The zero-order chi connectivity index (χ0) is 12.1. The summed E-state index contributed by atoms with van der Waals surface area (Å²) in [6.45, 7) is 6.05. The highest BCUT2D eigenvalue weighted by Crippen LogP contribution is 2.48.